The van der Waals surface area contributed by atoms with E-state index < -0.39 is 0 Å². The van der Waals surface area contributed by atoms with Crippen LogP contribution in [-0.2, 0) is 4.74 Å². The van der Waals surface area contributed by atoms with Crippen LogP contribution < -0.4 is 10.1 Å². The van der Waals surface area contributed by atoms with Crippen molar-refractivity contribution in [3.05, 3.63) is 23.8 Å². The molecule has 1 aromatic carbocycles. The van der Waals surface area contributed by atoms with Gasteiger partial charge in [-0.3, -0.25) is 4.79 Å². The molecule has 1 N–H and O–H groups in total. The maximum Gasteiger partial charge on any atom is 0.166 e. The molecule has 0 saturated carbocycles. The van der Waals surface area contributed by atoms with E-state index in [0.717, 1.165) is 38.1 Å². The molecular formula is C15H19NO3. The van der Waals surface area contributed by atoms with E-state index in [-0.39, 0.29) is 11.9 Å². The van der Waals surface area contributed by atoms with Gasteiger partial charge in [-0.1, -0.05) is 6.07 Å². The smallest absolute Gasteiger partial charge is 0.166 e. The number of para-hydroxylation sites is 1. The molecule has 0 radical (unpaired) electrons. The average Bonchev–Trinajstić information content (AvgIpc) is 2.97. The molecule has 1 fully saturated rings. The SMILES string of the molecule is O=C(CCC1CCCO1)c1cccc2c1OCCN2. The fourth-order valence-electron chi connectivity index (χ4n) is 2.69. The van der Waals surface area contributed by atoms with Crippen LogP contribution in [0.2, 0.25) is 0 Å². The van der Waals surface area contributed by atoms with Gasteiger partial charge in [0.1, 0.15) is 6.61 Å². The molecule has 0 aliphatic carbocycles. The first-order valence-corrected chi connectivity index (χ1v) is 6.99. The Morgan fingerprint density at radius 3 is 3.16 bits per heavy atom. The standard InChI is InChI=1S/C15H19NO3/c17-14(7-6-11-3-2-9-18-11)12-4-1-5-13-15(12)19-10-8-16-13/h1,4-5,11,16H,2-3,6-10H2. The van der Waals surface area contributed by atoms with E-state index >= 15 is 0 Å². The number of nitrogens with one attached hydrogen (secondary N) is 1. The van der Waals surface area contributed by atoms with Gasteiger partial charge in [-0.25, -0.2) is 0 Å². The zero-order valence-corrected chi connectivity index (χ0v) is 11.0. The van der Waals surface area contributed by atoms with Crippen molar-refractivity contribution in [1.82, 2.24) is 0 Å². The second-order valence-electron chi connectivity index (χ2n) is 5.05. The summed E-state index contributed by atoms with van der Waals surface area (Å²) in [6, 6.07) is 5.70. The summed E-state index contributed by atoms with van der Waals surface area (Å²) in [6.45, 7) is 2.25. The highest BCUT2D eigenvalue weighted by Crippen LogP contribution is 2.32. The van der Waals surface area contributed by atoms with Gasteiger partial charge in [0.05, 0.1) is 17.4 Å². The minimum atomic E-state index is 0.149. The highest BCUT2D eigenvalue weighted by Gasteiger charge is 2.21. The third kappa shape index (κ3) is 2.73. The molecule has 19 heavy (non-hydrogen) atoms. The number of rotatable bonds is 4. The Bertz CT molecular complexity index is 466. The molecule has 0 amide bonds. The lowest BCUT2D eigenvalue weighted by molar-refractivity contribution is 0.0856. The summed E-state index contributed by atoms with van der Waals surface area (Å²) in [5.41, 5.74) is 1.62. The van der Waals surface area contributed by atoms with Crippen LogP contribution in [0.1, 0.15) is 36.0 Å². The number of ether oxygens (including phenoxy) is 2. The van der Waals surface area contributed by atoms with Gasteiger partial charge >= 0.3 is 0 Å². The van der Waals surface area contributed by atoms with Crippen molar-refractivity contribution in [2.45, 2.75) is 31.8 Å². The van der Waals surface area contributed by atoms with Crippen LogP contribution in [0.3, 0.4) is 0 Å². The Morgan fingerprint density at radius 1 is 1.37 bits per heavy atom. The van der Waals surface area contributed by atoms with Gasteiger partial charge in [0.2, 0.25) is 0 Å². The molecule has 2 heterocycles. The molecule has 3 rings (SSSR count). The van der Waals surface area contributed by atoms with Crippen molar-refractivity contribution in [1.29, 1.82) is 0 Å². The van der Waals surface area contributed by atoms with Gasteiger partial charge in [-0.05, 0) is 31.4 Å². The van der Waals surface area contributed by atoms with Crippen molar-refractivity contribution in [2.24, 2.45) is 0 Å². The van der Waals surface area contributed by atoms with Crippen molar-refractivity contribution in [2.75, 3.05) is 25.1 Å². The normalized spacial score (nSPS) is 21.4. The van der Waals surface area contributed by atoms with E-state index in [4.69, 9.17) is 9.47 Å². The van der Waals surface area contributed by atoms with Crippen molar-refractivity contribution < 1.29 is 14.3 Å². The molecule has 0 bridgehead atoms. The van der Waals surface area contributed by atoms with E-state index in [1.165, 1.54) is 0 Å². The van der Waals surface area contributed by atoms with Gasteiger partial charge in [-0.15, -0.1) is 0 Å². The number of hydrogen-bond donors (Lipinski definition) is 1. The van der Waals surface area contributed by atoms with E-state index in [0.29, 0.717) is 24.3 Å². The average molecular weight is 261 g/mol. The summed E-state index contributed by atoms with van der Waals surface area (Å²) >= 11 is 0. The zero-order valence-electron chi connectivity index (χ0n) is 11.0. The van der Waals surface area contributed by atoms with Gasteiger partial charge in [0.25, 0.3) is 0 Å². The Balaban J connectivity index is 1.68. The van der Waals surface area contributed by atoms with Gasteiger partial charge in [0, 0.05) is 19.6 Å². The van der Waals surface area contributed by atoms with Crippen LogP contribution in [0, 0.1) is 0 Å². The fourth-order valence-corrected chi connectivity index (χ4v) is 2.69. The summed E-state index contributed by atoms with van der Waals surface area (Å²) in [5, 5.41) is 3.25. The topological polar surface area (TPSA) is 47.6 Å². The number of Topliss-reactive ketones (excluding diaryl/α,β-unsaturated/α-hetero) is 1. The van der Waals surface area contributed by atoms with Gasteiger partial charge < -0.3 is 14.8 Å². The number of benzene rings is 1. The number of anilines is 1. The Labute approximate surface area is 113 Å². The van der Waals surface area contributed by atoms with Crippen molar-refractivity contribution in [3.8, 4) is 5.75 Å². The molecule has 1 aromatic rings. The maximum atomic E-state index is 12.3. The summed E-state index contributed by atoms with van der Waals surface area (Å²) in [7, 11) is 0. The Kier molecular flexibility index (Phi) is 3.69. The molecular weight excluding hydrogens is 242 g/mol. The number of ketones is 1. The van der Waals surface area contributed by atoms with Gasteiger partial charge in [0.15, 0.2) is 11.5 Å². The predicted octanol–water partition coefficient (Wildman–Crippen LogP) is 2.63. The molecule has 1 atom stereocenters. The molecule has 2 aliphatic rings. The molecule has 0 spiro atoms. The molecule has 2 aliphatic heterocycles. The lowest BCUT2D eigenvalue weighted by atomic mass is 10.0. The van der Waals surface area contributed by atoms with Crippen LogP contribution in [0.15, 0.2) is 18.2 Å². The number of fused-ring (bicyclic) bond motifs is 1. The number of carbonyl (C=O) groups is 1. The van der Waals surface area contributed by atoms with Crippen LogP contribution >= 0.6 is 0 Å². The Hall–Kier alpha value is -1.55. The second-order valence-corrected chi connectivity index (χ2v) is 5.05. The number of carbonyl (C=O) groups excluding carboxylic acids is 1. The quantitative estimate of drug-likeness (QED) is 0.846. The van der Waals surface area contributed by atoms with Crippen LogP contribution in [0.5, 0.6) is 5.75 Å². The molecule has 1 unspecified atom stereocenters. The highest BCUT2D eigenvalue weighted by molar-refractivity contribution is 6.00. The van der Waals surface area contributed by atoms with Crippen LogP contribution in [-0.4, -0.2) is 31.6 Å². The summed E-state index contributed by atoms with van der Waals surface area (Å²) in [5.74, 6) is 0.863. The molecule has 4 nitrogen and oxygen atoms in total. The first kappa shape index (κ1) is 12.5. The third-order valence-electron chi connectivity index (χ3n) is 3.70. The molecule has 4 heteroatoms. The second kappa shape index (κ2) is 5.61. The van der Waals surface area contributed by atoms with E-state index in [9.17, 15) is 4.79 Å². The highest BCUT2D eigenvalue weighted by atomic mass is 16.5. The first-order valence-electron chi connectivity index (χ1n) is 6.99. The Morgan fingerprint density at radius 2 is 2.32 bits per heavy atom. The zero-order chi connectivity index (χ0) is 13.1. The lowest BCUT2D eigenvalue weighted by Crippen LogP contribution is -2.20. The minimum absolute atomic E-state index is 0.149. The molecule has 102 valence electrons. The first-order chi connectivity index (χ1) is 9.34. The minimum Gasteiger partial charge on any atom is -0.489 e. The van der Waals surface area contributed by atoms with E-state index in [2.05, 4.69) is 5.32 Å². The molecule has 1 saturated heterocycles. The van der Waals surface area contributed by atoms with Crippen molar-refractivity contribution in [3.63, 3.8) is 0 Å². The predicted molar refractivity (Wildman–Crippen MR) is 73.0 cm³/mol. The summed E-state index contributed by atoms with van der Waals surface area (Å²) < 4.78 is 11.2. The fraction of sp³-hybridized carbons (Fsp3) is 0.533. The monoisotopic (exact) mass is 261 g/mol. The maximum absolute atomic E-state index is 12.3. The van der Waals surface area contributed by atoms with E-state index in [1.807, 2.05) is 18.2 Å². The van der Waals surface area contributed by atoms with Gasteiger partial charge in [-0.2, -0.15) is 0 Å². The van der Waals surface area contributed by atoms with Crippen LogP contribution in [0.4, 0.5) is 5.69 Å². The van der Waals surface area contributed by atoms with Crippen LogP contribution in [0.25, 0.3) is 0 Å². The largest absolute Gasteiger partial charge is 0.489 e. The number of hydrogen-bond acceptors (Lipinski definition) is 4. The van der Waals surface area contributed by atoms with E-state index in [1.54, 1.807) is 0 Å². The lowest BCUT2D eigenvalue weighted by Gasteiger charge is -2.21. The summed E-state index contributed by atoms with van der Waals surface area (Å²) in [4.78, 5) is 12.3. The molecule has 0 aromatic heterocycles. The van der Waals surface area contributed by atoms with Crippen molar-refractivity contribution >= 4 is 11.5 Å². The third-order valence-corrected chi connectivity index (χ3v) is 3.70. The summed E-state index contributed by atoms with van der Waals surface area (Å²) in [6.07, 6.45) is 3.81.